The van der Waals surface area contributed by atoms with Crippen molar-refractivity contribution in [1.82, 2.24) is 0 Å². The first kappa shape index (κ1) is 14.9. The van der Waals surface area contributed by atoms with Crippen LogP contribution in [0.3, 0.4) is 0 Å². The van der Waals surface area contributed by atoms with Crippen LogP contribution >= 0.6 is 0 Å². The molecule has 0 fully saturated rings. The highest BCUT2D eigenvalue weighted by molar-refractivity contribution is 5.85. The Morgan fingerprint density at radius 3 is 2.80 bits per heavy atom. The van der Waals surface area contributed by atoms with Crippen LogP contribution < -0.4 is 0 Å². The molecule has 1 aliphatic rings. The number of benzene rings is 1. The third kappa shape index (κ3) is 2.84. The summed E-state index contributed by atoms with van der Waals surface area (Å²) in [6, 6.07) is 4.32. The standard InChI is InChI=1S/C17H23NO2/c1-11-7-12(2)16-14(8-11)9-18-17(13(3)10-19)15(16)5-6-20-4/h7-9,15,17,19H,3,5-6,10H2,1-2,4H3. The number of nitrogens with zero attached hydrogens (tertiary/aromatic N) is 1. The molecule has 1 heterocycles. The lowest BCUT2D eigenvalue weighted by Gasteiger charge is -2.31. The van der Waals surface area contributed by atoms with Crippen LogP contribution in [0.1, 0.15) is 34.6 Å². The Bertz CT molecular complexity index is 534. The van der Waals surface area contributed by atoms with Gasteiger partial charge in [-0.15, -0.1) is 0 Å². The highest BCUT2D eigenvalue weighted by atomic mass is 16.5. The molecule has 0 radical (unpaired) electrons. The fraction of sp³-hybridized carbons (Fsp3) is 0.471. The summed E-state index contributed by atoms with van der Waals surface area (Å²) < 4.78 is 5.24. The van der Waals surface area contributed by atoms with Gasteiger partial charge in [0.05, 0.1) is 12.6 Å². The number of rotatable bonds is 5. The summed E-state index contributed by atoms with van der Waals surface area (Å²) in [4.78, 5) is 4.62. The smallest absolute Gasteiger partial charge is 0.0798 e. The first-order chi connectivity index (χ1) is 9.58. The van der Waals surface area contributed by atoms with E-state index in [1.165, 1.54) is 22.3 Å². The van der Waals surface area contributed by atoms with E-state index in [4.69, 9.17) is 4.74 Å². The van der Waals surface area contributed by atoms with E-state index in [-0.39, 0.29) is 18.6 Å². The van der Waals surface area contributed by atoms with Gasteiger partial charge in [0.2, 0.25) is 0 Å². The Balaban J connectivity index is 2.45. The third-order valence-electron chi connectivity index (χ3n) is 3.94. The van der Waals surface area contributed by atoms with Crippen molar-refractivity contribution < 1.29 is 9.84 Å². The Labute approximate surface area is 121 Å². The van der Waals surface area contributed by atoms with Gasteiger partial charge in [-0.2, -0.15) is 0 Å². The number of aliphatic hydroxyl groups excluding tert-OH is 1. The second-order valence-electron chi connectivity index (χ2n) is 5.51. The van der Waals surface area contributed by atoms with Crippen molar-refractivity contribution in [2.75, 3.05) is 20.3 Å². The zero-order chi connectivity index (χ0) is 14.7. The average Bonchev–Trinajstić information content (AvgIpc) is 2.43. The molecule has 108 valence electrons. The lowest BCUT2D eigenvalue weighted by atomic mass is 9.79. The summed E-state index contributed by atoms with van der Waals surface area (Å²) in [5.74, 6) is 0.232. The number of hydrogen-bond donors (Lipinski definition) is 1. The van der Waals surface area contributed by atoms with Crippen molar-refractivity contribution in [2.24, 2.45) is 4.99 Å². The van der Waals surface area contributed by atoms with Crippen molar-refractivity contribution in [3.63, 3.8) is 0 Å². The molecule has 3 nitrogen and oxygen atoms in total. The molecule has 0 saturated carbocycles. The van der Waals surface area contributed by atoms with E-state index in [1.807, 2.05) is 6.21 Å². The second-order valence-corrected chi connectivity index (χ2v) is 5.51. The number of fused-ring (bicyclic) bond motifs is 1. The molecular formula is C17H23NO2. The number of methoxy groups -OCH3 is 1. The molecule has 0 aromatic heterocycles. The van der Waals surface area contributed by atoms with E-state index in [9.17, 15) is 5.11 Å². The first-order valence-electron chi connectivity index (χ1n) is 7.00. The van der Waals surface area contributed by atoms with Crippen molar-refractivity contribution >= 4 is 6.21 Å². The minimum Gasteiger partial charge on any atom is -0.392 e. The zero-order valence-electron chi connectivity index (χ0n) is 12.5. The van der Waals surface area contributed by atoms with Crippen LogP contribution in [0.4, 0.5) is 0 Å². The number of aliphatic hydroxyl groups is 1. The maximum absolute atomic E-state index is 9.39. The highest BCUT2D eigenvalue weighted by Crippen LogP contribution is 2.36. The van der Waals surface area contributed by atoms with Crippen molar-refractivity contribution in [3.05, 3.63) is 46.5 Å². The quantitative estimate of drug-likeness (QED) is 0.838. The van der Waals surface area contributed by atoms with Crippen LogP contribution in [0.25, 0.3) is 0 Å². The largest absolute Gasteiger partial charge is 0.392 e. The fourth-order valence-corrected chi connectivity index (χ4v) is 3.08. The fourth-order valence-electron chi connectivity index (χ4n) is 3.08. The van der Waals surface area contributed by atoms with Gasteiger partial charge in [0.25, 0.3) is 0 Å². The minimum absolute atomic E-state index is 0.0221. The summed E-state index contributed by atoms with van der Waals surface area (Å²) in [5.41, 5.74) is 5.81. The number of ether oxygens (including phenoxy) is 1. The van der Waals surface area contributed by atoms with E-state index in [1.54, 1.807) is 7.11 Å². The molecule has 0 saturated heterocycles. The van der Waals surface area contributed by atoms with Crippen LogP contribution in [0.5, 0.6) is 0 Å². The Morgan fingerprint density at radius 1 is 1.40 bits per heavy atom. The number of aliphatic imine (C=N–C) groups is 1. The van der Waals surface area contributed by atoms with Crippen molar-refractivity contribution in [3.8, 4) is 0 Å². The molecular weight excluding hydrogens is 250 g/mol. The van der Waals surface area contributed by atoms with E-state index in [0.717, 1.165) is 12.0 Å². The van der Waals surface area contributed by atoms with Gasteiger partial charge in [-0.3, -0.25) is 4.99 Å². The van der Waals surface area contributed by atoms with E-state index >= 15 is 0 Å². The summed E-state index contributed by atoms with van der Waals surface area (Å²) >= 11 is 0. The van der Waals surface area contributed by atoms with Crippen molar-refractivity contribution in [1.29, 1.82) is 0 Å². The predicted octanol–water partition coefficient (Wildman–Crippen LogP) is 2.77. The van der Waals surface area contributed by atoms with Gasteiger partial charge >= 0.3 is 0 Å². The summed E-state index contributed by atoms with van der Waals surface area (Å²) in [6.07, 6.45) is 2.80. The molecule has 0 aliphatic carbocycles. The lowest BCUT2D eigenvalue weighted by Crippen LogP contribution is -2.27. The maximum atomic E-state index is 9.39. The maximum Gasteiger partial charge on any atom is 0.0798 e. The van der Waals surface area contributed by atoms with Crippen LogP contribution in [-0.2, 0) is 4.74 Å². The molecule has 0 spiro atoms. The number of aryl methyl sites for hydroxylation is 2. The molecule has 0 amide bonds. The molecule has 3 heteroatoms. The van der Waals surface area contributed by atoms with Crippen LogP contribution in [0.2, 0.25) is 0 Å². The van der Waals surface area contributed by atoms with E-state index in [0.29, 0.717) is 6.61 Å². The molecule has 20 heavy (non-hydrogen) atoms. The van der Waals surface area contributed by atoms with Crippen molar-refractivity contribution in [2.45, 2.75) is 32.2 Å². The topological polar surface area (TPSA) is 41.8 Å². The van der Waals surface area contributed by atoms with Gasteiger partial charge in [0, 0.05) is 25.8 Å². The predicted molar refractivity (Wildman–Crippen MR) is 82.8 cm³/mol. The third-order valence-corrected chi connectivity index (χ3v) is 3.94. The van der Waals surface area contributed by atoms with Gasteiger partial charge in [-0.25, -0.2) is 0 Å². The monoisotopic (exact) mass is 273 g/mol. The molecule has 1 aliphatic heterocycles. The van der Waals surface area contributed by atoms with Gasteiger partial charge in [-0.1, -0.05) is 24.3 Å². The van der Waals surface area contributed by atoms with E-state index < -0.39 is 0 Å². The highest BCUT2D eigenvalue weighted by Gasteiger charge is 2.30. The molecule has 2 unspecified atom stereocenters. The Morgan fingerprint density at radius 2 is 2.15 bits per heavy atom. The van der Waals surface area contributed by atoms with Crippen LogP contribution in [0.15, 0.2) is 29.3 Å². The second kappa shape index (κ2) is 6.33. The SMILES string of the molecule is C=C(CO)C1N=Cc2cc(C)cc(C)c2C1CCOC. The average molecular weight is 273 g/mol. The lowest BCUT2D eigenvalue weighted by molar-refractivity contribution is 0.184. The van der Waals surface area contributed by atoms with Gasteiger partial charge in [0.15, 0.2) is 0 Å². The minimum atomic E-state index is -0.0518. The zero-order valence-corrected chi connectivity index (χ0v) is 12.5. The molecule has 2 atom stereocenters. The van der Waals surface area contributed by atoms with E-state index in [2.05, 4.69) is 37.6 Å². The molecule has 1 N–H and O–H groups in total. The van der Waals surface area contributed by atoms with Gasteiger partial charge in [-0.05, 0) is 42.5 Å². The Kier molecular flexibility index (Phi) is 4.73. The number of hydrogen-bond acceptors (Lipinski definition) is 3. The summed E-state index contributed by atoms with van der Waals surface area (Å²) in [6.45, 7) is 8.87. The molecule has 1 aromatic rings. The van der Waals surface area contributed by atoms with Crippen LogP contribution in [0, 0.1) is 13.8 Å². The van der Waals surface area contributed by atoms with Gasteiger partial charge < -0.3 is 9.84 Å². The summed E-state index contributed by atoms with van der Waals surface area (Å²) in [7, 11) is 1.71. The Hall–Kier alpha value is -1.45. The van der Waals surface area contributed by atoms with Crippen LogP contribution in [-0.4, -0.2) is 37.7 Å². The van der Waals surface area contributed by atoms with Gasteiger partial charge in [0.1, 0.15) is 0 Å². The normalized spacial score (nSPS) is 20.8. The first-order valence-corrected chi connectivity index (χ1v) is 7.00. The molecule has 0 bridgehead atoms. The molecule has 2 rings (SSSR count). The molecule has 1 aromatic carbocycles. The summed E-state index contributed by atoms with van der Waals surface area (Å²) in [5, 5.41) is 9.39.